The Morgan fingerprint density at radius 3 is 2.79 bits per heavy atom. The molecule has 0 spiro atoms. The second-order valence-electron chi connectivity index (χ2n) is 8.05. The lowest BCUT2D eigenvalue weighted by atomic mass is 10.1. The molecule has 4 heterocycles. The van der Waals surface area contributed by atoms with Crippen LogP contribution in [0.3, 0.4) is 0 Å². The number of fused-ring (bicyclic) bond motifs is 1. The van der Waals surface area contributed by atoms with Crippen molar-refractivity contribution in [2.24, 2.45) is 0 Å². The number of carbonyl (C=O) groups is 2. The van der Waals surface area contributed by atoms with Crippen molar-refractivity contribution in [2.45, 2.75) is 18.9 Å². The second kappa shape index (κ2) is 9.12. The van der Waals surface area contributed by atoms with Gasteiger partial charge in [0.15, 0.2) is 0 Å². The first-order valence-corrected chi connectivity index (χ1v) is 10.9. The Morgan fingerprint density at radius 1 is 1.15 bits per heavy atom. The lowest BCUT2D eigenvalue weighted by Crippen LogP contribution is -2.45. The van der Waals surface area contributed by atoms with Gasteiger partial charge in [0.2, 0.25) is 5.78 Å². The maximum absolute atomic E-state index is 14.6. The summed E-state index contributed by atoms with van der Waals surface area (Å²) in [5, 5.41) is 8.71. The molecule has 0 bridgehead atoms. The topological polar surface area (TPSA) is 113 Å². The summed E-state index contributed by atoms with van der Waals surface area (Å²) in [5.41, 5.74) is 1.56. The van der Waals surface area contributed by atoms with E-state index in [9.17, 15) is 14.0 Å². The number of benzene rings is 1. The Bertz CT molecular complexity index is 1190. The molecule has 0 aliphatic carbocycles. The average Bonchev–Trinajstić information content (AvgIpc) is 3.51. The van der Waals surface area contributed by atoms with Gasteiger partial charge in [0, 0.05) is 49.8 Å². The summed E-state index contributed by atoms with van der Waals surface area (Å²) < 4.78 is 21.7. The van der Waals surface area contributed by atoms with E-state index in [0.29, 0.717) is 36.0 Å². The zero-order valence-corrected chi connectivity index (χ0v) is 17.9. The van der Waals surface area contributed by atoms with Crippen LogP contribution in [0.2, 0.25) is 0 Å². The van der Waals surface area contributed by atoms with Crippen LogP contribution in [0.1, 0.15) is 12.8 Å². The summed E-state index contributed by atoms with van der Waals surface area (Å²) in [4.78, 5) is 35.1. The van der Waals surface area contributed by atoms with Gasteiger partial charge in [0.1, 0.15) is 11.9 Å². The fourth-order valence-electron chi connectivity index (χ4n) is 3.96. The molecule has 11 heteroatoms. The number of nitrogens with zero attached hydrogens (tertiary/aromatic N) is 4. The quantitative estimate of drug-likeness (QED) is 0.558. The van der Waals surface area contributed by atoms with Crippen molar-refractivity contribution >= 4 is 29.1 Å². The highest BCUT2D eigenvalue weighted by Gasteiger charge is 2.22. The normalized spacial score (nSPS) is 18.5. The first-order valence-electron chi connectivity index (χ1n) is 10.9. The fourth-order valence-corrected chi connectivity index (χ4v) is 3.96. The van der Waals surface area contributed by atoms with Crippen molar-refractivity contribution in [3.63, 3.8) is 0 Å². The molecule has 1 unspecified atom stereocenters. The molecule has 2 aliphatic heterocycles. The highest BCUT2D eigenvalue weighted by atomic mass is 19.1. The average molecular weight is 453 g/mol. The molecular formula is C22H24FN7O3. The molecule has 2 fully saturated rings. The highest BCUT2D eigenvalue weighted by Crippen LogP contribution is 2.26. The predicted molar refractivity (Wildman–Crippen MR) is 119 cm³/mol. The van der Waals surface area contributed by atoms with Crippen molar-refractivity contribution in [3.05, 3.63) is 42.6 Å². The van der Waals surface area contributed by atoms with E-state index in [1.165, 1.54) is 18.3 Å². The molecule has 2 saturated heterocycles. The van der Waals surface area contributed by atoms with Crippen LogP contribution in [0, 0.1) is 5.82 Å². The Kier molecular flexibility index (Phi) is 5.88. The highest BCUT2D eigenvalue weighted by molar-refractivity contribution is 5.94. The summed E-state index contributed by atoms with van der Waals surface area (Å²) in [6.45, 7) is 3.08. The lowest BCUT2D eigenvalue weighted by Gasteiger charge is -2.22. The number of anilines is 2. The fraction of sp³-hybridized carbons (Fsp3) is 0.364. The molecule has 3 amide bonds. The molecule has 33 heavy (non-hydrogen) atoms. The van der Waals surface area contributed by atoms with Gasteiger partial charge < -0.3 is 25.6 Å². The Hall–Kier alpha value is -3.57. The van der Waals surface area contributed by atoms with Crippen LogP contribution in [0.15, 0.2) is 36.8 Å². The number of imidazole rings is 1. The SMILES string of the molecule is O=C(Nc1cnc2nc(-c3cc(NC(=O)N4CCCC4)ccc3F)cn2c1)C1CNCCO1. The Morgan fingerprint density at radius 2 is 2.00 bits per heavy atom. The maximum atomic E-state index is 14.6. The molecule has 0 radical (unpaired) electrons. The van der Waals surface area contributed by atoms with E-state index in [1.54, 1.807) is 27.8 Å². The number of hydrogen-bond acceptors (Lipinski definition) is 6. The standard InChI is InChI=1S/C22H24FN7O3/c23-17-4-3-14(27-22(32)29-6-1-2-7-29)9-16(17)18-13-30-12-15(10-25-21(30)28-18)26-20(31)19-11-24-5-8-33-19/h3-4,9-10,12-13,19,24H,1-2,5-8,11H2,(H,26,31)(H,27,32). The number of halogens is 1. The van der Waals surface area contributed by atoms with Crippen molar-refractivity contribution in [1.29, 1.82) is 0 Å². The molecule has 2 aromatic heterocycles. The summed E-state index contributed by atoms with van der Waals surface area (Å²) in [5.74, 6) is -0.381. The molecule has 0 saturated carbocycles. The molecule has 172 valence electrons. The second-order valence-corrected chi connectivity index (χ2v) is 8.05. The first kappa shape index (κ1) is 21.3. The Labute approximate surface area is 189 Å². The zero-order valence-electron chi connectivity index (χ0n) is 17.9. The summed E-state index contributed by atoms with van der Waals surface area (Å²) in [7, 11) is 0. The molecule has 2 aliphatic rings. The van der Waals surface area contributed by atoms with Crippen LogP contribution in [-0.2, 0) is 9.53 Å². The minimum Gasteiger partial charge on any atom is -0.366 e. The third-order valence-corrected chi connectivity index (χ3v) is 5.68. The number of carbonyl (C=O) groups excluding carboxylic acids is 2. The molecule has 1 aromatic carbocycles. The maximum Gasteiger partial charge on any atom is 0.321 e. The van der Waals surface area contributed by atoms with Crippen LogP contribution >= 0.6 is 0 Å². The number of likely N-dealkylation sites (tertiary alicyclic amines) is 1. The van der Waals surface area contributed by atoms with Crippen molar-refractivity contribution in [2.75, 3.05) is 43.4 Å². The van der Waals surface area contributed by atoms with E-state index in [-0.39, 0.29) is 17.5 Å². The number of nitrogens with one attached hydrogen (secondary N) is 3. The van der Waals surface area contributed by atoms with Gasteiger partial charge in [0.05, 0.1) is 24.2 Å². The number of morpholine rings is 1. The summed E-state index contributed by atoms with van der Waals surface area (Å²) >= 11 is 0. The van der Waals surface area contributed by atoms with Crippen LogP contribution in [0.25, 0.3) is 17.0 Å². The van der Waals surface area contributed by atoms with Gasteiger partial charge in [-0.25, -0.2) is 19.2 Å². The molecule has 3 aromatic rings. The van der Waals surface area contributed by atoms with E-state index in [0.717, 1.165) is 32.5 Å². The van der Waals surface area contributed by atoms with Crippen LogP contribution in [0.5, 0.6) is 0 Å². The van der Waals surface area contributed by atoms with Gasteiger partial charge in [-0.15, -0.1) is 0 Å². The van der Waals surface area contributed by atoms with Gasteiger partial charge in [-0.1, -0.05) is 0 Å². The third kappa shape index (κ3) is 4.64. The van der Waals surface area contributed by atoms with E-state index < -0.39 is 11.9 Å². The third-order valence-electron chi connectivity index (χ3n) is 5.68. The lowest BCUT2D eigenvalue weighted by molar-refractivity contribution is -0.128. The van der Waals surface area contributed by atoms with E-state index in [4.69, 9.17) is 4.74 Å². The zero-order chi connectivity index (χ0) is 22.8. The molecular weight excluding hydrogens is 429 g/mol. The molecule has 3 N–H and O–H groups in total. The van der Waals surface area contributed by atoms with Crippen LogP contribution in [0.4, 0.5) is 20.6 Å². The largest absolute Gasteiger partial charge is 0.366 e. The molecule has 10 nitrogen and oxygen atoms in total. The number of amides is 3. The molecule has 1 atom stereocenters. The predicted octanol–water partition coefficient (Wildman–Crippen LogP) is 2.09. The van der Waals surface area contributed by atoms with E-state index >= 15 is 0 Å². The summed E-state index contributed by atoms with van der Waals surface area (Å²) in [6.07, 6.45) is 6.18. The van der Waals surface area contributed by atoms with Gasteiger partial charge in [-0.2, -0.15) is 0 Å². The smallest absolute Gasteiger partial charge is 0.321 e. The number of urea groups is 1. The minimum absolute atomic E-state index is 0.195. The number of aromatic nitrogens is 3. The Balaban J connectivity index is 1.35. The van der Waals surface area contributed by atoms with E-state index in [2.05, 4.69) is 25.9 Å². The molecule has 5 rings (SSSR count). The van der Waals surface area contributed by atoms with Gasteiger partial charge >= 0.3 is 6.03 Å². The summed E-state index contributed by atoms with van der Waals surface area (Å²) in [6, 6.07) is 4.19. The van der Waals surface area contributed by atoms with Gasteiger partial charge in [-0.3, -0.25) is 9.20 Å². The van der Waals surface area contributed by atoms with Crippen LogP contribution in [-0.4, -0.2) is 70.1 Å². The van der Waals surface area contributed by atoms with Gasteiger partial charge in [0.25, 0.3) is 5.91 Å². The number of hydrogen-bond donors (Lipinski definition) is 3. The minimum atomic E-state index is -0.569. The van der Waals surface area contributed by atoms with Crippen molar-refractivity contribution in [3.8, 4) is 11.3 Å². The first-order chi connectivity index (χ1) is 16.1. The van der Waals surface area contributed by atoms with Crippen LogP contribution < -0.4 is 16.0 Å². The van der Waals surface area contributed by atoms with Gasteiger partial charge in [-0.05, 0) is 31.0 Å². The number of ether oxygens (including phenoxy) is 1. The van der Waals surface area contributed by atoms with E-state index in [1.807, 2.05) is 0 Å². The van der Waals surface area contributed by atoms with Crippen molar-refractivity contribution in [1.82, 2.24) is 24.6 Å². The van der Waals surface area contributed by atoms with Crippen molar-refractivity contribution < 1.29 is 18.7 Å². The number of rotatable bonds is 4. The monoisotopic (exact) mass is 453 g/mol.